The second-order valence-electron chi connectivity index (χ2n) is 16.2. The molecule has 6 fully saturated rings. The van der Waals surface area contributed by atoms with Gasteiger partial charge in [-0.05, 0) is 122 Å². The van der Waals surface area contributed by atoms with Crippen molar-refractivity contribution in [3.8, 4) is 11.5 Å². The molecule has 4 bridgehead atoms. The number of anilines is 2. The van der Waals surface area contributed by atoms with Gasteiger partial charge in [0, 0.05) is 48.3 Å². The van der Waals surface area contributed by atoms with E-state index in [-0.39, 0.29) is 24.2 Å². The topological polar surface area (TPSA) is 109 Å². The molecule has 5 aromatic rings. The first kappa shape index (κ1) is 35.2. The van der Waals surface area contributed by atoms with Crippen LogP contribution in [-0.4, -0.2) is 72.3 Å². The van der Waals surface area contributed by atoms with Crippen molar-refractivity contribution in [2.75, 3.05) is 51.0 Å². The summed E-state index contributed by atoms with van der Waals surface area (Å²) in [7, 11) is 3.36. The first-order valence-corrected chi connectivity index (χ1v) is 20.1. The molecular weight excluding hydrogens is 677 g/mol. The fraction of sp³-hybridized carbons (Fsp3) is 0.500. The molecule has 2 N–H and O–H groups in total. The predicted octanol–water partition coefficient (Wildman–Crippen LogP) is 6.94. The Morgan fingerprint density at radius 2 is 1.13 bits per heavy atom. The van der Waals surface area contributed by atoms with Gasteiger partial charge in [-0.25, -0.2) is 0 Å². The second kappa shape index (κ2) is 14.3. The number of nitrogens with zero attached hydrogens (tertiary/aromatic N) is 4. The summed E-state index contributed by atoms with van der Waals surface area (Å²) < 4.78 is 11.3. The lowest BCUT2D eigenvalue weighted by molar-refractivity contribution is -0.00812. The van der Waals surface area contributed by atoms with Crippen molar-refractivity contribution in [3.63, 3.8) is 0 Å². The number of nitrogens with one attached hydrogen (secondary N) is 2. The summed E-state index contributed by atoms with van der Waals surface area (Å²) in [5, 5.41) is 9.53. The average Bonchev–Trinajstić information content (AvgIpc) is 3.24. The van der Waals surface area contributed by atoms with Gasteiger partial charge in [0.15, 0.2) is 0 Å². The molecule has 10 heteroatoms. The molecule has 2 aromatic heterocycles. The zero-order valence-electron chi connectivity index (χ0n) is 31.9. The van der Waals surface area contributed by atoms with Crippen molar-refractivity contribution in [2.24, 2.45) is 23.7 Å². The van der Waals surface area contributed by atoms with Gasteiger partial charge in [0.1, 0.15) is 22.9 Å². The van der Waals surface area contributed by atoms with Crippen molar-refractivity contribution in [1.82, 2.24) is 19.8 Å². The summed E-state index contributed by atoms with van der Waals surface area (Å²) in [4.78, 5) is 42.3. The Labute approximate surface area is 317 Å². The van der Waals surface area contributed by atoms with Gasteiger partial charge in [-0.3, -0.25) is 29.4 Å². The van der Waals surface area contributed by atoms with E-state index in [4.69, 9.17) is 19.4 Å². The zero-order valence-corrected chi connectivity index (χ0v) is 31.9. The number of pyridine rings is 2. The fourth-order valence-electron chi connectivity index (χ4n) is 10.8. The van der Waals surface area contributed by atoms with Gasteiger partial charge >= 0.3 is 0 Å². The van der Waals surface area contributed by atoms with Gasteiger partial charge < -0.3 is 20.1 Å². The van der Waals surface area contributed by atoms with Gasteiger partial charge in [-0.15, -0.1) is 0 Å². The molecular formula is C44H52N6O4. The van der Waals surface area contributed by atoms with Crippen LogP contribution < -0.4 is 31.0 Å². The van der Waals surface area contributed by atoms with E-state index in [2.05, 4.69) is 46.4 Å². The summed E-state index contributed by atoms with van der Waals surface area (Å²) in [5.41, 5.74) is 3.72. The van der Waals surface area contributed by atoms with E-state index in [1.54, 1.807) is 14.2 Å². The summed E-state index contributed by atoms with van der Waals surface area (Å²) in [6.45, 7) is 8.77. The molecule has 3 aromatic carbocycles. The third kappa shape index (κ3) is 5.93. The van der Waals surface area contributed by atoms with Gasteiger partial charge in [-0.1, -0.05) is 26.7 Å². The van der Waals surface area contributed by atoms with Crippen LogP contribution in [0.3, 0.4) is 0 Å². The molecule has 10 atom stereocenters. The molecule has 54 heavy (non-hydrogen) atoms. The first-order chi connectivity index (χ1) is 26.4. The molecule has 282 valence electrons. The maximum absolute atomic E-state index is 13.9. The molecule has 0 aliphatic carbocycles. The number of piperidine rings is 6. The third-order valence-electron chi connectivity index (χ3n) is 13.8. The number of hydrogen-bond donors (Lipinski definition) is 2. The van der Waals surface area contributed by atoms with Crippen LogP contribution >= 0.6 is 0 Å². The molecule has 0 spiro atoms. The lowest BCUT2D eigenvalue weighted by atomic mass is 9.72. The van der Waals surface area contributed by atoms with Gasteiger partial charge in [0.05, 0.1) is 37.3 Å². The molecule has 0 amide bonds. The highest BCUT2D eigenvalue weighted by atomic mass is 16.5. The Bertz CT molecular complexity index is 2090. The van der Waals surface area contributed by atoms with Crippen molar-refractivity contribution >= 4 is 33.2 Å². The number of fused-ring (bicyclic) bond motifs is 8. The van der Waals surface area contributed by atoms with Crippen LogP contribution in [0.5, 0.6) is 11.5 Å². The van der Waals surface area contributed by atoms with E-state index in [0.29, 0.717) is 35.0 Å². The van der Waals surface area contributed by atoms with E-state index in [9.17, 15) is 9.59 Å². The number of benzene rings is 2. The monoisotopic (exact) mass is 728 g/mol. The Balaban J connectivity index is 1.14. The first-order valence-electron chi connectivity index (χ1n) is 20.1. The lowest BCUT2D eigenvalue weighted by Crippen LogP contribution is -2.57. The van der Waals surface area contributed by atoms with E-state index in [1.165, 1.54) is 25.7 Å². The Hall–Kier alpha value is -4.54. The Kier molecular flexibility index (Phi) is 9.30. The van der Waals surface area contributed by atoms with E-state index >= 15 is 0 Å². The predicted molar refractivity (Wildman–Crippen MR) is 214 cm³/mol. The van der Waals surface area contributed by atoms with Gasteiger partial charge in [0.2, 0.25) is 0 Å². The quantitative estimate of drug-likeness (QED) is 0.131. The highest BCUT2D eigenvalue weighted by Crippen LogP contribution is 2.47. The number of rotatable bonds is 12. The third-order valence-corrected chi connectivity index (χ3v) is 13.8. The van der Waals surface area contributed by atoms with Gasteiger partial charge in [-0.2, -0.15) is 0 Å². The van der Waals surface area contributed by atoms with Crippen molar-refractivity contribution < 1.29 is 9.47 Å². The molecule has 0 saturated carbocycles. The normalized spacial score (nSPS) is 28.7. The smallest absolute Gasteiger partial charge is 0.253 e. The molecule has 8 heterocycles. The Morgan fingerprint density at radius 3 is 1.50 bits per heavy atom. The number of methoxy groups -OCH3 is 2. The molecule has 10 nitrogen and oxygen atoms in total. The molecule has 6 saturated heterocycles. The van der Waals surface area contributed by atoms with Crippen molar-refractivity contribution in [3.05, 3.63) is 92.5 Å². The molecule has 6 aliphatic heterocycles. The molecule has 0 radical (unpaired) electrons. The van der Waals surface area contributed by atoms with Crippen LogP contribution in [-0.2, 0) is 0 Å². The molecule has 11 rings (SSSR count). The van der Waals surface area contributed by atoms with E-state index in [1.807, 2.05) is 48.8 Å². The van der Waals surface area contributed by atoms with E-state index in [0.717, 1.165) is 83.5 Å². The zero-order chi connectivity index (χ0) is 37.1. The maximum atomic E-state index is 13.9. The SMILES string of the molecule is CC[C@H]1CN2CC[C@@H]1C[C@H]2[C@@H](Nc1c(N[C@@H](c2ccnc3ccc(OC)cc23)[C@@H]2C[C@@H]3CCN2C[C@@H]3CC)c(=O)c1=O)c1ccnc2ccc(OC)cc12. The maximum Gasteiger partial charge on any atom is 0.253 e. The van der Waals surface area contributed by atoms with E-state index < -0.39 is 10.9 Å². The minimum Gasteiger partial charge on any atom is -0.497 e. The standard InChI is InChI=1S/C44H52N6O4/c1-5-25-23-49-17-13-27(25)19-37(49)39(31-11-15-45-35-9-7-29(53-3)21-33(31)35)47-41-42(44(52)43(41)51)48-40(38-20-28-14-18-50(38)24-26(28)6-2)32-12-16-46-36-10-8-30(54-4)22-34(32)36/h7-12,15-16,21-22,25-28,37-40,47-48H,5-6,13-14,17-20,23-24H2,1-4H3/t25-,26-,27-,28+,37-,38-,39-,40-/m0/s1. The minimum absolute atomic E-state index is 0.152. The molecule has 2 unspecified atom stereocenters. The summed E-state index contributed by atoms with van der Waals surface area (Å²) in [6.07, 6.45) is 10.5. The Morgan fingerprint density at radius 1 is 0.685 bits per heavy atom. The largest absolute Gasteiger partial charge is 0.497 e. The average molecular weight is 729 g/mol. The van der Waals surface area contributed by atoms with Crippen LogP contribution in [0.4, 0.5) is 11.4 Å². The van der Waals surface area contributed by atoms with Crippen LogP contribution in [0.25, 0.3) is 21.8 Å². The second-order valence-corrected chi connectivity index (χ2v) is 16.2. The summed E-state index contributed by atoms with van der Waals surface area (Å²) in [5.74, 6) is 4.13. The fourth-order valence-corrected chi connectivity index (χ4v) is 10.8. The van der Waals surface area contributed by atoms with Crippen LogP contribution in [0, 0.1) is 23.7 Å². The number of aromatic nitrogens is 2. The lowest BCUT2D eigenvalue weighted by Gasteiger charge is -2.53. The van der Waals surface area contributed by atoms with Crippen molar-refractivity contribution in [2.45, 2.75) is 76.5 Å². The molecule has 6 aliphatic rings. The summed E-state index contributed by atoms with van der Waals surface area (Å²) >= 11 is 0. The number of hydrogen-bond acceptors (Lipinski definition) is 10. The minimum atomic E-state index is -0.461. The number of ether oxygens (including phenoxy) is 2. The van der Waals surface area contributed by atoms with Crippen LogP contribution in [0.2, 0.25) is 0 Å². The van der Waals surface area contributed by atoms with Crippen LogP contribution in [0.15, 0.2) is 70.5 Å². The van der Waals surface area contributed by atoms with Gasteiger partial charge in [0.25, 0.3) is 10.9 Å². The highest BCUT2D eigenvalue weighted by Gasteiger charge is 2.46. The summed E-state index contributed by atoms with van der Waals surface area (Å²) in [6, 6.07) is 15.9. The van der Waals surface area contributed by atoms with Crippen molar-refractivity contribution in [1.29, 1.82) is 0 Å². The van der Waals surface area contributed by atoms with Crippen LogP contribution in [0.1, 0.15) is 75.6 Å². The highest BCUT2D eigenvalue weighted by molar-refractivity contribution is 5.86.